The molecule has 2 N–H and O–H groups in total. The standard InChI is InChI=1S/C24H24N4/c1-3-7-20-18(13-25)10-6-11-21(20)24(2,23-15-26-16-28-23)22-12-17-8-4-5-9-19(17)14-27-22/h3-6,8-11,15-16,22,27H,1,7,12,14H2,2H3,(H,26,28)/t22?,24-/m0/s1. The van der Waals surface area contributed by atoms with E-state index in [9.17, 15) is 5.26 Å². The van der Waals surface area contributed by atoms with Crippen LogP contribution in [0, 0.1) is 11.3 Å². The van der Waals surface area contributed by atoms with Gasteiger partial charge in [0.1, 0.15) is 0 Å². The lowest BCUT2D eigenvalue weighted by molar-refractivity contribution is 0.338. The number of fused-ring (bicyclic) bond motifs is 1. The van der Waals surface area contributed by atoms with Crippen LogP contribution in [0.3, 0.4) is 0 Å². The molecule has 0 bridgehead atoms. The van der Waals surface area contributed by atoms with Crippen LogP contribution in [0.5, 0.6) is 0 Å². The molecule has 0 saturated carbocycles. The third-order valence-corrected chi connectivity index (χ3v) is 6.04. The second-order valence-corrected chi connectivity index (χ2v) is 7.51. The Bertz CT molecular complexity index is 1030. The third-order valence-electron chi connectivity index (χ3n) is 6.04. The van der Waals surface area contributed by atoms with Gasteiger partial charge in [-0.1, -0.05) is 42.5 Å². The third kappa shape index (κ3) is 2.94. The van der Waals surface area contributed by atoms with Gasteiger partial charge in [-0.2, -0.15) is 5.26 Å². The fourth-order valence-electron chi connectivity index (χ4n) is 4.47. The van der Waals surface area contributed by atoms with Gasteiger partial charge in [0, 0.05) is 24.5 Å². The number of rotatable bonds is 5. The lowest BCUT2D eigenvalue weighted by Crippen LogP contribution is -2.51. The van der Waals surface area contributed by atoms with E-state index in [0.717, 1.165) is 29.8 Å². The summed E-state index contributed by atoms with van der Waals surface area (Å²) < 4.78 is 0. The fourth-order valence-corrected chi connectivity index (χ4v) is 4.47. The molecule has 0 amide bonds. The Morgan fingerprint density at radius 1 is 1.25 bits per heavy atom. The highest BCUT2D eigenvalue weighted by molar-refractivity contribution is 5.51. The summed E-state index contributed by atoms with van der Waals surface area (Å²) in [7, 11) is 0. The summed E-state index contributed by atoms with van der Waals surface area (Å²) in [4.78, 5) is 7.65. The Balaban J connectivity index is 1.89. The Kier molecular flexibility index (Phi) is 4.85. The lowest BCUT2D eigenvalue weighted by atomic mass is 9.68. The second kappa shape index (κ2) is 7.46. The molecular weight excluding hydrogens is 344 g/mol. The predicted octanol–water partition coefficient (Wildman–Crippen LogP) is 4.03. The van der Waals surface area contributed by atoms with Gasteiger partial charge in [-0.15, -0.1) is 6.58 Å². The molecule has 1 aromatic heterocycles. The SMILES string of the molecule is C=CCc1c(C#N)cccc1[C@](C)(c1cnc[nH]1)C1Cc2ccccc2CN1. The van der Waals surface area contributed by atoms with Gasteiger partial charge in [-0.25, -0.2) is 4.98 Å². The molecule has 2 aromatic carbocycles. The quantitative estimate of drug-likeness (QED) is 0.668. The number of H-pyrrole nitrogens is 1. The van der Waals surface area contributed by atoms with Crippen molar-refractivity contribution in [3.05, 3.63) is 101 Å². The minimum absolute atomic E-state index is 0.167. The van der Waals surface area contributed by atoms with E-state index in [1.165, 1.54) is 11.1 Å². The zero-order valence-electron chi connectivity index (χ0n) is 16.1. The predicted molar refractivity (Wildman–Crippen MR) is 111 cm³/mol. The zero-order valence-corrected chi connectivity index (χ0v) is 16.1. The maximum Gasteiger partial charge on any atom is 0.0994 e. The molecule has 28 heavy (non-hydrogen) atoms. The summed E-state index contributed by atoms with van der Waals surface area (Å²) in [5, 5.41) is 13.4. The number of aromatic nitrogens is 2. The van der Waals surface area contributed by atoms with Gasteiger partial charge < -0.3 is 10.3 Å². The van der Waals surface area contributed by atoms with Crippen LogP contribution in [0.15, 0.2) is 67.6 Å². The molecule has 1 aliphatic heterocycles. The highest BCUT2D eigenvalue weighted by atomic mass is 15.0. The molecule has 3 aromatic rings. The van der Waals surface area contributed by atoms with Crippen LogP contribution in [0.2, 0.25) is 0 Å². The van der Waals surface area contributed by atoms with Crippen LogP contribution < -0.4 is 5.32 Å². The normalized spacial score (nSPS) is 17.9. The van der Waals surface area contributed by atoms with E-state index >= 15 is 0 Å². The Hall–Kier alpha value is -3.16. The van der Waals surface area contributed by atoms with E-state index in [-0.39, 0.29) is 11.5 Å². The van der Waals surface area contributed by atoms with Crippen molar-refractivity contribution in [2.75, 3.05) is 0 Å². The number of imidazole rings is 1. The van der Waals surface area contributed by atoms with Crippen molar-refractivity contribution in [1.82, 2.24) is 15.3 Å². The first-order valence-electron chi connectivity index (χ1n) is 9.61. The highest BCUT2D eigenvalue weighted by Crippen LogP contribution is 2.40. The van der Waals surface area contributed by atoms with E-state index in [1.807, 2.05) is 24.4 Å². The molecule has 140 valence electrons. The second-order valence-electron chi connectivity index (χ2n) is 7.51. The van der Waals surface area contributed by atoms with Crippen molar-refractivity contribution in [2.45, 2.75) is 37.8 Å². The Morgan fingerprint density at radius 2 is 2.07 bits per heavy atom. The summed E-state index contributed by atoms with van der Waals surface area (Å²) in [5.74, 6) is 0. The van der Waals surface area contributed by atoms with E-state index in [4.69, 9.17) is 0 Å². The van der Waals surface area contributed by atoms with E-state index in [2.05, 4.69) is 65.2 Å². The molecule has 0 aliphatic carbocycles. The van der Waals surface area contributed by atoms with Gasteiger partial charge in [0.2, 0.25) is 0 Å². The molecule has 0 radical (unpaired) electrons. The average Bonchev–Trinajstić information content (AvgIpc) is 3.28. The maximum absolute atomic E-state index is 9.69. The van der Waals surface area contributed by atoms with Crippen LogP contribution >= 0.6 is 0 Å². The van der Waals surface area contributed by atoms with E-state index < -0.39 is 0 Å². The van der Waals surface area contributed by atoms with Gasteiger partial charge in [-0.3, -0.25) is 0 Å². The van der Waals surface area contributed by atoms with Gasteiger partial charge in [-0.05, 0) is 48.1 Å². The van der Waals surface area contributed by atoms with Gasteiger partial charge in [0.05, 0.1) is 23.4 Å². The molecule has 4 nitrogen and oxygen atoms in total. The highest BCUT2D eigenvalue weighted by Gasteiger charge is 2.42. The van der Waals surface area contributed by atoms with E-state index in [1.54, 1.807) is 6.33 Å². The number of nitrogens with zero attached hydrogens (tertiary/aromatic N) is 2. The van der Waals surface area contributed by atoms with Crippen LogP contribution in [0.25, 0.3) is 0 Å². The summed E-state index contributed by atoms with van der Waals surface area (Å²) in [6.45, 7) is 6.99. The number of benzene rings is 2. The number of hydrogen-bond donors (Lipinski definition) is 2. The summed E-state index contributed by atoms with van der Waals surface area (Å²) in [6, 6.07) is 17.1. The topological polar surface area (TPSA) is 64.5 Å². The van der Waals surface area contributed by atoms with Crippen molar-refractivity contribution in [1.29, 1.82) is 5.26 Å². The molecule has 2 heterocycles. The first kappa shape index (κ1) is 18.2. The smallest absolute Gasteiger partial charge is 0.0994 e. The summed E-state index contributed by atoms with van der Waals surface area (Å²) in [6.07, 6.45) is 7.07. The Morgan fingerprint density at radius 3 is 2.79 bits per heavy atom. The molecule has 0 fully saturated rings. The van der Waals surface area contributed by atoms with Crippen molar-refractivity contribution in [2.24, 2.45) is 0 Å². The molecule has 4 heteroatoms. The number of nitriles is 1. The van der Waals surface area contributed by atoms with Crippen molar-refractivity contribution in [3.63, 3.8) is 0 Å². The van der Waals surface area contributed by atoms with Crippen molar-refractivity contribution in [3.8, 4) is 6.07 Å². The lowest BCUT2D eigenvalue weighted by Gasteiger charge is -2.42. The first-order valence-corrected chi connectivity index (χ1v) is 9.61. The van der Waals surface area contributed by atoms with Crippen LogP contribution in [-0.2, 0) is 24.8 Å². The van der Waals surface area contributed by atoms with Crippen LogP contribution in [-0.4, -0.2) is 16.0 Å². The van der Waals surface area contributed by atoms with Crippen LogP contribution in [0.1, 0.15) is 40.4 Å². The number of aromatic amines is 1. The summed E-state index contributed by atoms with van der Waals surface area (Å²) in [5.41, 5.74) is 6.30. The van der Waals surface area contributed by atoms with Gasteiger partial charge in [0.15, 0.2) is 0 Å². The molecule has 1 unspecified atom stereocenters. The van der Waals surface area contributed by atoms with E-state index in [0.29, 0.717) is 12.0 Å². The van der Waals surface area contributed by atoms with Crippen molar-refractivity contribution >= 4 is 0 Å². The Labute approximate surface area is 166 Å². The monoisotopic (exact) mass is 368 g/mol. The largest absolute Gasteiger partial charge is 0.348 e. The molecule has 1 aliphatic rings. The number of allylic oxidation sites excluding steroid dienone is 1. The minimum Gasteiger partial charge on any atom is -0.348 e. The van der Waals surface area contributed by atoms with Gasteiger partial charge in [0.25, 0.3) is 0 Å². The zero-order chi connectivity index (χ0) is 19.6. The average molecular weight is 368 g/mol. The van der Waals surface area contributed by atoms with Gasteiger partial charge >= 0.3 is 0 Å². The van der Waals surface area contributed by atoms with Crippen molar-refractivity contribution < 1.29 is 0 Å². The number of hydrogen-bond acceptors (Lipinski definition) is 3. The first-order chi connectivity index (χ1) is 13.7. The molecular formula is C24H24N4. The molecule has 0 spiro atoms. The minimum atomic E-state index is -0.366. The summed E-state index contributed by atoms with van der Waals surface area (Å²) >= 11 is 0. The fraction of sp³-hybridized carbons (Fsp3) is 0.250. The van der Waals surface area contributed by atoms with Crippen LogP contribution in [0.4, 0.5) is 0 Å². The molecule has 0 saturated heterocycles. The molecule has 4 rings (SSSR count). The molecule has 2 atom stereocenters. The number of nitrogens with one attached hydrogen (secondary N) is 2. The maximum atomic E-state index is 9.69.